The lowest BCUT2D eigenvalue weighted by atomic mass is 9.94. The number of carbonyl (C=O) groups is 2. The Bertz CT molecular complexity index is 1440. The molecule has 0 saturated heterocycles. The molecule has 222 valence electrons. The third-order valence-electron chi connectivity index (χ3n) is 6.34. The molecule has 0 aromatic heterocycles. The number of benzene rings is 1. The van der Waals surface area contributed by atoms with Gasteiger partial charge in [-0.25, -0.2) is 9.59 Å². The van der Waals surface area contributed by atoms with Gasteiger partial charge in [0, 0.05) is 12.2 Å². The molecule has 9 heteroatoms. The van der Waals surface area contributed by atoms with Crippen molar-refractivity contribution in [2.24, 2.45) is 0 Å². The monoisotopic (exact) mass is 802 g/mol. The Morgan fingerprint density at radius 3 is 1.71 bits per heavy atom. The summed E-state index contributed by atoms with van der Waals surface area (Å²) < 4.78 is 52.0. The zero-order valence-electron chi connectivity index (χ0n) is 23.3. The van der Waals surface area contributed by atoms with Gasteiger partial charge in [-0.05, 0) is 92.2 Å². The van der Waals surface area contributed by atoms with Gasteiger partial charge >= 0.3 is 18.1 Å². The quantitative estimate of drug-likeness (QED) is 0.103. The van der Waals surface area contributed by atoms with Crippen LogP contribution < -0.4 is 0 Å². The molecule has 42 heavy (non-hydrogen) atoms. The van der Waals surface area contributed by atoms with Crippen LogP contribution in [0.25, 0.3) is 0 Å². The van der Waals surface area contributed by atoms with Crippen LogP contribution in [0.2, 0.25) is 0 Å². The topological polar surface area (TPSA) is 52.6 Å². The first-order valence-electron chi connectivity index (χ1n) is 13.1. The molecule has 1 aromatic rings. The summed E-state index contributed by atoms with van der Waals surface area (Å²) in [5.41, 5.74) is 1.92. The number of alkyl halides is 5. The predicted octanol–water partition coefficient (Wildman–Crippen LogP) is 9.18. The highest BCUT2D eigenvalue weighted by molar-refractivity contribution is 14.1. The maximum Gasteiger partial charge on any atom is 0.416 e. The minimum Gasteiger partial charge on any atom is -0.424 e. The third kappa shape index (κ3) is 10.6. The van der Waals surface area contributed by atoms with Crippen LogP contribution in [-0.4, -0.2) is 18.8 Å². The van der Waals surface area contributed by atoms with Gasteiger partial charge in [0.2, 0.25) is 0 Å². The molecule has 0 bridgehead atoms. The van der Waals surface area contributed by atoms with Crippen molar-refractivity contribution in [2.45, 2.75) is 52.6 Å². The van der Waals surface area contributed by atoms with Crippen molar-refractivity contribution in [3.63, 3.8) is 0 Å². The maximum atomic E-state index is 14.1. The van der Waals surface area contributed by atoms with Gasteiger partial charge in [0.05, 0.1) is 12.4 Å². The number of rotatable bonds is 10. The number of carbonyl (C=O) groups excluding carboxylic acids is 2. The van der Waals surface area contributed by atoms with Gasteiger partial charge in [-0.15, -0.1) is 0 Å². The van der Waals surface area contributed by atoms with Gasteiger partial charge in [0.25, 0.3) is 0 Å². The predicted molar refractivity (Wildman–Crippen MR) is 176 cm³/mol. The lowest BCUT2D eigenvalue weighted by Crippen LogP contribution is -2.11. The van der Waals surface area contributed by atoms with Crippen molar-refractivity contribution in [3.8, 4) is 0 Å². The number of hydrogen-bond acceptors (Lipinski definition) is 4. The van der Waals surface area contributed by atoms with Crippen LogP contribution in [0.15, 0.2) is 115 Å². The van der Waals surface area contributed by atoms with E-state index in [1.54, 1.807) is 42.5 Å². The van der Waals surface area contributed by atoms with E-state index in [-0.39, 0.29) is 12.0 Å². The first-order valence-corrected chi connectivity index (χ1v) is 15.3. The molecule has 0 radical (unpaired) electrons. The molecule has 0 saturated carbocycles. The van der Waals surface area contributed by atoms with Gasteiger partial charge in [-0.2, -0.15) is 13.2 Å². The normalized spacial score (nSPS) is 22.1. The second-order valence-electron chi connectivity index (χ2n) is 10.2. The van der Waals surface area contributed by atoms with Gasteiger partial charge in [0.15, 0.2) is 0 Å². The number of halogens is 5. The van der Waals surface area contributed by atoms with E-state index in [9.17, 15) is 22.8 Å². The van der Waals surface area contributed by atoms with Crippen molar-refractivity contribution in [1.82, 2.24) is 0 Å². The van der Waals surface area contributed by atoms with Crippen LogP contribution in [0.5, 0.6) is 0 Å². The van der Waals surface area contributed by atoms with Crippen LogP contribution in [0.4, 0.5) is 13.2 Å². The fourth-order valence-electron chi connectivity index (χ4n) is 4.52. The average Bonchev–Trinajstić information content (AvgIpc) is 3.14. The summed E-state index contributed by atoms with van der Waals surface area (Å²) in [4.78, 5) is 23.2. The van der Waals surface area contributed by atoms with Crippen molar-refractivity contribution < 1.29 is 32.2 Å². The average molecular weight is 802 g/mol. The highest BCUT2D eigenvalue weighted by atomic mass is 127. The fourth-order valence-corrected chi connectivity index (χ4v) is 5.93. The summed E-state index contributed by atoms with van der Waals surface area (Å²) in [6, 6.07) is 4.55. The lowest BCUT2D eigenvalue weighted by Gasteiger charge is -2.17. The summed E-state index contributed by atoms with van der Waals surface area (Å²) in [5, 5.41) is 0. The molecule has 2 aliphatic rings. The van der Waals surface area contributed by atoms with E-state index in [2.05, 4.69) is 58.3 Å². The summed E-state index contributed by atoms with van der Waals surface area (Å²) in [7, 11) is 0. The molecule has 2 aliphatic carbocycles. The third-order valence-corrected chi connectivity index (χ3v) is 7.59. The van der Waals surface area contributed by atoms with Crippen molar-refractivity contribution >= 4 is 57.1 Å². The molecule has 3 rings (SSSR count). The van der Waals surface area contributed by atoms with E-state index in [0.29, 0.717) is 36.3 Å². The maximum absolute atomic E-state index is 14.1. The Balaban J connectivity index is 1.74. The Kier molecular flexibility index (Phi) is 11.4. The van der Waals surface area contributed by atoms with Gasteiger partial charge in [-0.3, -0.25) is 0 Å². The SMILES string of the molecule is C=CC(=O)OC1=CC(C)(I)C=C(CCc2ccc(CCC3=CC(C)(I)C=C(OC(=O)C=C)C=C3)c(C(F)(F)F)c2)C=C1. The molecule has 0 amide bonds. The summed E-state index contributed by atoms with van der Waals surface area (Å²) in [6.45, 7) is 10.7. The van der Waals surface area contributed by atoms with Crippen LogP contribution in [0, 0.1) is 0 Å². The van der Waals surface area contributed by atoms with Crippen LogP contribution in [0.3, 0.4) is 0 Å². The minimum absolute atomic E-state index is 0.193. The molecule has 2 unspecified atom stereocenters. The molecule has 0 N–H and O–H groups in total. The highest BCUT2D eigenvalue weighted by Gasteiger charge is 2.33. The molecule has 0 fully saturated rings. The summed E-state index contributed by atoms with van der Waals surface area (Å²) in [6.07, 6.45) is 13.6. The Morgan fingerprint density at radius 2 is 1.26 bits per heavy atom. The molecule has 0 spiro atoms. The van der Waals surface area contributed by atoms with E-state index in [4.69, 9.17) is 9.47 Å². The summed E-state index contributed by atoms with van der Waals surface area (Å²) >= 11 is 4.42. The highest BCUT2D eigenvalue weighted by Crippen LogP contribution is 2.36. The van der Waals surface area contributed by atoms with Gasteiger partial charge < -0.3 is 9.47 Å². The van der Waals surface area contributed by atoms with E-state index >= 15 is 0 Å². The Morgan fingerprint density at radius 1 is 0.786 bits per heavy atom. The van der Waals surface area contributed by atoms with E-state index < -0.39 is 30.5 Å². The number of allylic oxidation sites excluding steroid dienone is 10. The zero-order valence-corrected chi connectivity index (χ0v) is 27.6. The number of esters is 2. The van der Waals surface area contributed by atoms with Gasteiger partial charge in [-0.1, -0.05) is 94.8 Å². The Labute approximate surface area is 271 Å². The number of hydrogen-bond donors (Lipinski definition) is 0. The molecule has 0 heterocycles. The molecular formula is C33H31F3I2O4. The van der Waals surface area contributed by atoms with Crippen LogP contribution in [-0.2, 0) is 38.1 Å². The van der Waals surface area contributed by atoms with E-state index in [1.165, 1.54) is 6.07 Å². The minimum atomic E-state index is -4.50. The van der Waals surface area contributed by atoms with E-state index in [1.807, 2.05) is 32.1 Å². The molecule has 2 atom stereocenters. The number of ether oxygens (including phenoxy) is 2. The molecule has 4 nitrogen and oxygen atoms in total. The number of aryl methyl sites for hydroxylation is 2. The van der Waals surface area contributed by atoms with Crippen molar-refractivity contribution in [1.29, 1.82) is 0 Å². The van der Waals surface area contributed by atoms with Gasteiger partial charge in [0.1, 0.15) is 11.5 Å². The first-order chi connectivity index (χ1) is 19.6. The fraction of sp³-hybridized carbons (Fsp3) is 0.273. The second-order valence-corrected chi connectivity index (χ2v) is 14.9. The summed E-state index contributed by atoms with van der Waals surface area (Å²) in [5.74, 6) is -0.402. The first kappa shape index (κ1) is 33.8. The zero-order chi connectivity index (χ0) is 31.1. The van der Waals surface area contributed by atoms with Crippen LogP contribution >= 0.6 is 45.2 Å². The standard InChI is InChI=1S/C33H31F3I2O4/c1-5-29(39)41-26-15-11-23(18-31(3,37)20-26)8-7-22-9-13-25(28(17-22)33(34,35)36)14-10-24-12-16-27(42-30(40)6-2)21-32(4,38)19-24/h5-6,9,11-13,15-21H,1-2,7-8,10,14H2,3-4H3. The Hall–Kier alpha value is -2.67. The molecular weight excluding hydrogens is 771 g/mol. The molecule has 0 aliphatic heterocycles. The smallest absolute Gasteiger partial charge is 0.416 e. The van der Waals surface area contributed by atoms with E-state index in [0.717, 1.165) is 23.3 Å². The second kappa shape index (κ2) is 14.2. The lowest BCUT2D eigenvalue weighted by molar-refractivity contribution is -0.138. The van der Waals surface area contributed by atoms with Crippen LogP contribution in [0.1, 0.15) is 43.4 Å². The molecule has 1 aromatic carbocycles. The van der Waals surface area contributed by atoms with Crippen molar-refractivity contribution in [3.05, 3.63) is 131 Å². The largest absolute Gasteiger partial charge is 0.424 e. The van der Waals surface area contributed by atoms with Crippen molar-refractivity contribution in [2.75, 3.05) is 0 Å².